The number of nitrogens with zero attached hydrogens (tertiary/aromatic N) is 3. The summed E-state index contributed by atoms with van der Waals surface area (Å²) in [5, 5.41) is 3.71. The van der Waals surface area contributed by atoms with Crippen LogP contribution in [-0.4, -0.2) is 60.1 Å². The van der Waals surface area contributed by atoms with E-state index >= 15 is 0 Å². The first-order valence-electron chi connectivity index (χ1n) is 9.62. The highest BCUT2D eigenvalue weighted by atomic mass is 35.5. The van der Waals surface area contributed by atoms with E-state index in [2.05, 4.69) is 21.2 Å². The molecule has 3 amide bonds. The van der Waals surface area contributed by atoms with Gasteiger partial charge in [-0.25, -0.2) is 9.69 Å². The molecule has 27 heavy (non-hydrogen) atoms. The van der Waals surface area contributed by atoms with Gasteiger partial charge in [0, 0.05) is 36.9 Å². The van der Waals surface area contributed by atoms with Gasteiger partial charge >= 0.3 is 6.03 Å². The van der Waals surface area contributed by atoms with Crippen LogP contribution in [0.15, 0.2) is 24.3 Å². The summed E-state index contributed by atoms with van der Waals surface area (Å²) in [7, 11) is 0. The maximum atomic E-state index is 13.1. The van der Waals surface area contributed by atoms with E-state index in [1.807, 2.05) is 45.9 Å². The van der Waals surface area contributed by atoms with E-state index in [0.717, 1.165) is 36.9 Å². The minimum Gasteiger partial charge on any atom is -0.369 e. The highest BCUT2D eigenvalue weighted by Crippen LogP contribution is 2.33. The average Bonchev–Trinajstić information content (AvgIpc) is 2.88. The Morgan fingerprint density at radius 1 is 1.07 bits per heavy atom. The molecule has 0 aromatic heterocycles. The van der Waals surface area contributed by atoms with Gasteiger partial charge in [-0.3, -0.25) is 9.69 Å². The Morgan fingerprint density at radius 3 is 2.22 bits per heavy atom. The van der Waals surface area contributed by atoms with Gasteiger partial charge in [0.15, 0.2) is 0 Å². The van der Waals surface area contributed by atoms with E-state index in [9.17, 15) is 9.59 Å². The third-order valence-corrected chi connectivity index (χ3v) is 6.10. The second-order valence-corrected chi connectivity index (χ2v) is 8.50. The quantitative estimate of drug-likeness (QED) is 0.782. The van der Waals surface area contributed by atoms with Crippen LogP contribution >= 0.6 is 11.6 Å². The molecule has 6 nitrogen and oxygen atoms in total. The van der Waals surface area contributed by atoms with Gasteiger partial charge in [0.05, 0.1) is 6.67 Å². The molecule has 2 heterocycles. The zero-order chi connectivity index (χ0) is 19.8. The summed E-state index contributed by atoms with van der Waals surface area (Å²) in [6.07, 6.45) is 0. The van der Waals surface area contributed by atoms with Crippen LogP contribution in [0.4, 0.5) is 10.5 Å². The van der Waals surface area contributed by atoms with Crippen molar-refractivity contribution in [1.29, 1.82) is 0 Å². The molecule has 0 aliphatic carbocycles. The second kappa shape index (κ2) is 7.68. The summed E-state index contributed by atoms with van der Waals surface area (Å²) < 4.78 is 0. The molecular weight excluding hydrogens is 364 g/mol. The van der Waals surface area contributed by atoms with E-state index in [0.29, 0.717) is 6.67 Å². The predicted molar refractivity (Wildman–Crippen MR) is 108 cm³/mol. The minimum atomic E-state index is -0.806. The van der Waals surface area contributed by atoms with Crippen molar-refractivity contribution in [1.82, 2.24) is 15.1 Å². The van der Waals surface area contributed by atoms with Crippen LogP contribution in [0.2, 0.25) is 5.02 Å². The van der Waals surface area contributed by atoms with Gasteiger partial charge in [-0.05, 0) is 30.0 Å². The Kier molecular flexibility index (Phi) is 5.68. The summed E-state index contributed by atoms with van der Waals surface area (Å²) in [5.41, 5.74) is 0.301. The molecule has 0 saturated carbocycles. The lowest BCUT2D eigenvalue weighted by molar-refractivity contribution is -0.136. The van der Waals surface area contributed by atoms with Crippen molar-refractivity contribution in [3.63, 3.8) is 0 Å². The topological polar surface area (TPSA) is 55.9 Å². The number of anilines is 1. The largest absolute Gasteiger partial charge is 0.369 e. The number of imide groups is 1. The van der Waals surface area contributed by atoms with Crippen molar-refractivity contribution in [2.45, 2.75) is 33.2 Å². The number of benzene rings is 1. The number of carbonyl (C=O) groups excluding carboxylic acids is 2. The summed E-state index contributed by atoms with van der Waals surface area (Å²) in [5.74, 6) is -0.0213. The van der Waals surface area contributed by atoms with Crippen LogP contribution in [0, 0.1) is 11.8 Å². The van der Waals surface area contributed by atoms with Crippen molar-refractivity contribution >= 4 is 29.2 Å². The zero-order valence-corrected chi connectivity index (χ0v) is 17.3. The number of carbonyl (C=O) groups is 2. The van der Waals surface area contributed by atoms with E-state index in [1.54, 1.807) is 0 Å². The summed E-state index contributed by atoms with van der Waals surface area (Å²) in [6, 6.07) is 7.57. The Hall–Kier alpha value is -1.79. The molecule has 1 aromatic rings. The molecule has 0 bridgehead atoms. The predicted octanol–water partition coefficient (Wildman–Crippen LogP) is 3.02. The molecule has 2 fully saturated rings. The summed E-state index contributed by atoms with van der Waals surface area (Å²) in [6.45, 7) is 11.6. The smallest absolute Gasteiger partial charge is 0.326 e. The standard InChI is InChI=1S/C20H29ClN4O2/c1-14(2)20(15(3)4)18(26)25(19(27)22-20)13-23-8-10-24(11-9-23)17-7-5-6-16(21)12-17/h5-7,12,14-15H,8-11,13H2,1-4H3,(H,22,27). The molecule has 0 unspecified atom stereocenters. The number of halogens is 1. The van der Waals surface area contributed by atoms with Crippen LogP contribution in [0.3, 0.4) is 0 Å². The molecule has 0 atom stereocenters. The molecule has 7 heteroatoms. The minimum absolute atomic E-state index is 0.0404. The average molecular weight is 393 g/mol. The van der Waals surface area contributed by atoms with E-state index in [-0.39, 0.29) is 23.8 Å². The SMILES string of the molecule is CC(C)C1(C(C)C)NC(=O)N(CN2CCN(c3cccc(Cl)c3)CC2)C1=O. The number of hydrogen-bond acceptors (Lipinski definition) is 4. The number of piperazine rings is 1. The fourth-order valence-corrected chi connectivity index (χ4v) is 4.40. The maximum absolute atomic E-state index is 13.1. The van der Waals surface area contributed by atoms with Gasteiger partial charge in [-0.1, -0.05) is 45.4 Å². The normalized spacial score (nSPS) is 20.7. The van der Waals surface area contributed by atoms with Crippen molar-refractivity contribution in [3.05, 3.63) is 29.3 Å². The zero-order valence-electron chi connectivity index (χ0n) is 16.5. The molecule has 148 valence electrons. The van der Waals surface area contributed by atoms with Crippen LogP contribution in [0.1, 0.15) is 27.7 Å². The number of hydrogen-bond donors (Lipinski definition) is 1. The molecule has 0 spiro atoms. The molecular formula is C20H29ClN4O2. The Morgan fingerprint density at radius 2 is 1.70 bits per heavy atom. The van der Waals surface area contributed by atoms with Gasteiger partial charge < -0.3 is 10.2 Å². The van der Waals surface area contributed by atoms with Gasteiger partial charge in [0.25, 0.3) is 5.91 Å². The second-order valence-electron chi connectivity index (χ2n) is 8.07. The van der Waals surface area contributed by atoms with Crippen LogP contribution in [0.5, 0.6) is 0 Å². The van der Waals surface area contributed by atoms with Crippen molar-refractivity contribution < 1.29 is 9.59 Å². The molecule has 2 aliphatic heterocycles. The van der Waals surface area contributed by atoms with Gasteiger partial charge in [0.1, 0.15) is 5.54 Å². The van der Waals surface area contributed by atoms with Crippen molar-refractivity contribution in [2.75, 3.05) is 37.7 Å². The van der Waals surface area contributed by atoms with Crippen molar-refractivity contribution in [3.8, 4) is 0 Å². The van der Waals surface area contributed by atoms with Gasteiger partial charge in [0.2, 0.25) is 0 Å². The first-order chi connectivity index (χ1) is 12.8. The molecule has 0 radical (unpaired) electrons. The number of urea groups is 1. The Balaban J connectivity index is 1.64. The number of amides is 3. The van der Waals surface area contributed by atoms with Crippen molar-refractivity contribution in [2.24, 2.45) is 11.8 Å². The van der Waals surface area contributed by atoms with Crippen LogP contribution in [-0.2, 0) is 4.79 Å². The van der Waals surface area contributed by atoms with Gasteiger partial charge in [-0.2, -0.15) is 0 Å². The lowest BCUT2D eigenvalue weighted by atomic mass is 9.77. The lowest BCUT2D eigenvalue weighted by Crippen LogP contribution is -2.56. The Labute approximate surface area is 166 Å². The third-order valence-electron chi connectivity index (χ3n) is 5.87. The lowest BCUT2D eigenvalue weighted by Gasteiger charge is -2.38. The number of rotatable bonds is 5. The maximum Gasteiger partial charge on any atom is 0.326 e. The van der Waals surface area contributed by atoms with E-state index in [4.69, 9.17) is 11.6 Å². The third kappa shape index (κ3) is 3.65. The first-order valence-corrected chi connectivity index (χ1v) is 10.0. The fourth-order valence-electron chi connectivity index (χ4n) is 4.21. The Bertz CT molecular complexity index is 706. The van der Waals surface area contributed by atoms with E-state index in [1.165, 1.54) is 4.90 Å². The van der Waals surface area contributed by atoms with Crippen LogP contribution < -0.4 is 10.2 Å². The summed E-state index contributed by atoms with van der Waals surface area (Å²) >= 11 is 6.09. The summed E-state index contributed by atoms with van der Waals surface area (Å²) in [4.78, 5) is 31.5. The highest BCUT2D eigenvalue weighted by molar-refractivity contribution is 6.30. The highest BCUT2D eigenvalue weighted by Gasteiger charge is 2.55. The van der Waals surface area contributed by atoms with E-state index < -0.39 is 5.54 Å². The molecule has 3 rings (SSSR count). The molecule has 1 aromatic carbocycles. The molecule has 2 aliphatic rings. The van der Waals surface area contributed by atoms with Crippen LogP contribution in [0.25, 0.3) is 0 Å². The first kappa shape index (κ1) is 20.0. The van der Waals surface area contributed by atoms with Gasteiger partial charge in [-0.15, -0.1) is 0 Å². The number of nitrogens with one attached hydrogen (secondary N) is 1. The monoisotopic (exact) mass is 392 g/mol. The molecule has 2 saturated heterocycles. The fraction of sp³-hybridized carbons (Fsp3) is 0.600. The molecule has 1 N–H and O–H groups in total.